The van der Waals surface area contributed by atoms with Gasteiger partial charge in [0.25, 0.3) is 0 Å². The van der Waals surface area contributed by atoms with Crippen molar-refractivity contribution in [3.05, 3.63) is 0 Å². The number of ketones is 1. The summed E-state index contributed by atoms with van der Waals surface area (Å²) >= 11 is 0. The molecule has 2 fully saturated rings. The summed E-state index contributed by atoms with van der Waals surface area (Å²) in [4.78, 5) is 10.7. The second kappa shape index (κ2) is 1.57. The number of Topliss-reactive ketones (excluding diaryl/α,β-unsaturated/α-hetero) is 1. The molecule has 0 radical (unpaired) electrons. The van der Waals surface area contributed by atoms with E-state index in [1.807, 2.05) is 0 Å². The minimum atomic E-state index is 0.382. The van der Waals surface area contributed by atoms with E-state index in [4.69, 9.17) is 0 Å². The molecule has 9 heavy (non-hydrogen) atoms. The molecule has 1 aliphatic carbocycles. The number of nitrogens with one attached hydrogen (secondary N) is 1. The van der Waals surface area contributed by atoms with Crippen molar-refractivity contribution in [2.75, 3.05) is 6.54 Å². The Bertz CT molecular complexity index is 137. The van der Waals surface area contributed by atoms with Gasteiger partial charge >= 0.3 is 0 Å². The predicted octanol–water partition coefficient (Wildman–Crippen LogP) is 0.471. The molecule has 1 saturated heterocycles. The first-order chi connectivity index (χ1) is 4.31. The van der Waals surface area contributed by atoms with Gasteiger partial charge in [-0.15, -0.1) is 0 Å². The molecular weight excluding hydrogens is 114 g/mol. The molecule has 0 aromatic carbocycles. The van der Waals surface area contributed by atoms with Gasteiger partial charge < -0.3 is 5.32 Å². The molecule has 1 aliphatic heterocycles. The summed E-state index contributed by atoms with van der Waals surface area (Å²) in [5.74, 6) is 0.382. The molecule has 1 heterocycles. The van der Waals surface area contributed by atoms with Gasteiger partial charge in [-0.05, 0) is 19.3 Å². The van der Waals surface area contributed by atoms with Gasteiger partial charge in [0.1, 0.15) is 5.78 Å². The van der Waals surface area contributed by atoms with Crippen LogP contribution in [0.3, 0.4) is 0 Å². The molecule has 2 heteroatoms. The van der Waals surface area contributed by atoms with Crippen LogP contribution in [0.5, 0.6) is 0 Å². The lowest BCUT2D eigenvalue weighted by Gasteiger charge is -2.21. The molecule has 50 valence electrons. The molecule has 1 spiro atoms. The van der Waals surface area contributed by atoms with Crippen molar-refractivity contribution in [3.63, 3.8) is 0 Å². The third-order valence-electron chi connectivity index (χ3n) is 2.40. The van der Waals surface area contributed by atoms with E-state index in [-0.39, 0.29) is 0 Å². The zero-order chi connectivity index (χ0) is 6.32. The third-order valence-corrected chi connectivity index (χ3v) is 2.40. The zero-order valence-electron chi connectivity index (χ0n) is 5.44. The van der Waals surface area contributed by atoms with Gasteiger partial charge in [0.05, 0.1) is 6.54 Å². The fourth-order valence-corrected chi connectivity index (χ4v) is 1.42. The lowest BCUT2D eigenvalue weighted by molar-refractivity contribution is -0.119. The van der Waals surface area contributed by atoms with Crippen LogP contribution in [0.25, 0.3) is 0 Å². The van der Waals surface area contributed by atoms with Gasteiger partial charge in [0.15, 0.2) is 0 Å². The van der Waals surface area contributed by atoms with Crippen molar-refractivity contribution >= 4 is 5.78 Å². The Morgan fingerprint density at radius 2 is 2.11 bits per heavy atom. The summed E-state index contributed by atoms with van der Waals surface area (Å²) in [7, 11) is 0. The molecule has 0 unspecified atom stereocenters. The van der Waals surface area contributed by atoms with E-state index < -0.39 is 0 Å². The van der Waals surface area contributed by atoms with Crippen molar-refractivity contribution in [3.8, 4) is 0 Å². The summed E-state index contributed by atoms with van der Waals surface area (Å²) in [5, 5.41) is 3.27. The highest BCUT2D eigenvalue weighted by atomic mass is 16.1. The first-order valence-electron chi connectivity index (χ1n) is 3.58. The van der Waals surface area contributed by atoms with E-state index in [1.54, 1.807) is 0 Å². The van der Waals surface area contributed by atoms with E-state index in [9.17, 15) is 4.79 Å². The standard InChI is InChI=1S/C7H11NO/c9-6-1-2-7(3-4-7)8-5-6/h8H,1-5H2. The molecule has 0 aromatic rings. The zero-order valence-corrected chi connectivity index (χ0v) is 5.44. The Morgan fingerprint density at radius 1 is 1.33 bits per heavy atom. The topological polar surface area (TPSA) is 29.1 Å². The number of piperidine rings is 1. The normalized spacial score (nSPS) is 30.9. The maximum Gasteiger partial charge on any atom is 0.146 e. The Morgan fingerprint density at radius 3 is 2.56 bits per heavy atom. The molecule has 1 N–H and O–H groups in total. The van der Waals surface area contributed by atoms with Crippen molar-refractivity contribution in [1.29, 1.82) is 0 Å². The molecule has 0 aromatic heterocycles. The van der Waals surface area contributed by atoms with E-state index in [1.165, 1.54) is 12.8 Å². The maximum absolute atomic E-state index is 10.7. The summed E-state index contributed by atoms with van der Waals surface area (Å²) < 4.78 is 0. The van der Waals surface area contributed by atoms with Gasteiger partial charge in [-0.2, -0.15) is 0 Å². The minimum absolute atomic E-state index is 0.382. The number of carbonyl (C=O) groups excluding carboxylic acids is 1. The van der Waals surface area contributed by atoms with Crippen LogP contribution in [0.2, 0.25) is 0 Å². The highest BCUT2D eigenvalue weighted by molar-refractivity contribution is 5.81. The molecule has 0 amide bonds. The second-order valence-electron chi connectivity index (χ2n) is 3.17. The Balaban J connectivity index is 1.98. The minimum Gasteiger partial charge on any atom is -0.304 e. The SMILES string of the molecule is O=C1CCC2(CC2)NC1. The second-order valence-corrected chi connectivity index (χ2v) is 3.17. The van der Waals surface area contributed by atoms with Crippen LogP contribution in [0.1, 0.15) is 25.7 Å². The van der Waals surface area contributed by atoms with Crippen molar-refractivity contribution in [2.45, 2.75) is 31.2 Å². The van der Waals surface area contributed by atoms with E-state index in [0.717, 1.165) is 12.8 Å². The van der Waals surface area contributed by atoms with Crippen LogP contribution in [-0.2, 0) is 4.79 Å². The Kier molecular flexibility index (Phi) is 0.943. The average molecular weight is 125 g/mol. The summed E-state index contributed by atoms with van der Waals surface area (Å²) in [6.07, 6.45) is 4.49. The van der Waals surface area contributed by atoms with Gasteiger partial charge in [-0.3, -0.25) is 4.79 Å². The molecular formula is C7H11NO. The van der Waals surface area contributed by atoms with E-state index >= 15 is 0 Å². The van der Waals surface area contributed by atoms with Gasteiger partial charge in [-0.1, -0.05) is 0 Å². The molecule has 2 rings (SSSR count). The van der Waals surface area contributed by atoms with Gasteiger partial charge in [-0.25, -0.2) is 0 Å². The number of carbonyl (C=O) groups is 1. The lowest BCUT2D eigenvalue weighted by Crippen LogP contribution is -2.40. The summed E-state index contributed by atoms with van der Waals surface area (Å²) in [5.41, 5.74) is 0.438. The van der Waals surface area contributed by atoms with Crippen molar-refractivity contribution in [2.24, 2.45) is 0 Å². The number of rotatable bonds is 0. The smallest absolute Gasteiger partial charge is 0.146 e. The Labute approximate surface area is 54.6 Å². The first kappa shape index (κ1) is 5.42. The van der Waals surface area contributed by atoms with E-state index in [0.29, 0.717) is 17.9 Å². The maximum atomic E-state index is 10.7. The number of hydrogen-bond donors (Lipinski definition) is 1. The van der Waals surface area contributed by atoms with Crippen LogP contribution < -0.4 is 5.32 Å². The fraction of sp³-hybridized carbons (Fsp3) is 0.857. The van der Waals surface area contributed by atoms with Crippen LogP contribution in [0, 0.1) is 0 Å². The monoisotopic (exact) mass is 125 g/mol. The van der Waals surface area contributed by atoms with Crippen molar-refractivity contribution in [1.82, 2.24) is 5.32 Å². The Hall–Kier alpha value is -0.370. The molecule has 2 nitrogen and oxygen atoms in total. The first-order valence-corrected chi connectivity index (χ1v) is 3.58. The van der Waals surface area contributed by atoms with Crippen LogP contribution >= 0.6 is 0 Å². The molecule has 0 bridgehead atoms. The van der Waals surface area contributed by atoms with Gasteiger partial charge in [0.2, 0.25) is 0 Å². The summed E-state index contributed by atoms with van der Waals surface area (Å²) in [6, 6.07) is 0. The van der Waals surface area contributed by atoms with Crippen LogP contribution in [0.4, 0.5) is 0 Å². The van der Waals surface area contributed by atoms with Crippen LogP contribution in [0.15, 0.2) is 0 Å². The quantitative estimate of drug-likeness (QED) is 0.510. The molecule has 1 saturated carbocycles. The summed E-state index contributed by atoms with van der Waals surface area (Å²) in [6.45, 7) is 0.625. The molecule has 0 atom stereocenters. The van der Waals surface area contributed by atoms with E-state index in [2.05, 4.69) is 5.32 Å². The highest BCUT2D eigenvalue weighted by Gasteiger charge is 2.44. The number of hydrogen-bond acceptors (Lipinski definition) is 2. The fourth-order valence-electron chi connectivity index (χ4n) is 1.42. The molecule has 2 aliphatic rings. The van der Waals surface area contributed by atoms with Gasteiger partial charge in [0, 0.05) is 12.0 Å². The lowest BCUT2D eigenvalue weighted by atomic mass is 10.0. The predicted molar refractivity (Wildman–Crippen MR) is 34.2 cm³/mol. The average Bonchev–Trinajstić information content (AvgIpc) is 2.60. The van der Waals surface area contributed by atoms with Crippen molar-refractivity contribution < 1.29 is 4.79 Å². The largest absolute Gasteiger partial charge is 0.304 e. The third kappa shape index (κ3) is 0.874. The van der Waals surface area contributed by atoms with Crippen LogP contribution in [-0.4, -0.2) is 17.9 Å². The highest BCUT2D eigenvalue weighted by Crippen LogP contribution is 2.41.